The fraction of sp³-hybridized carbons (Fsp3) is 0.700. The van der Waals surface area contributed by atoms with Crippen LogP contribution in [0.4, 0.5) is 17.1 Å². The Kier molecular flexibility index (Phi) is 8.89. The van der Waals surface area contributed by atoms with Crippen LogP contribution >= 0.6 is 0 Å². The highest BCUT2D eigenvalue weighted by atomic mass is 16.2. The minimum Gasteiger partial charge on any atom is -0.326 e. The van der Waals surface area contributed by atoms with Crippen molar-refractivity contribution in [2.75, 3.05) is 16.0 Å². The molecule has 3 rings (SSSR count). The zero-order chi connectivity index (χ0) is 26.7. The summed E-state index contributed by atoms with van der Waals surface area (Å²) in [5.41, 5.74) is 2.29. The van der Waals surface area contributed by atoms with Crippen molar-refractivity contribution in [3.05, 3.63) is 18.2 Å². The molecule has 1 aromatic carbocycles. The van der Waals surface area contributed by atoms with E-state index in [-0.39, 0.29) is 40.4 Å². The molecule has 2 fully saturated rings. The second-order valence-corrected chi connectivity index (χ2v) is 13.3. The lowest BCUT2D eigenvalue weighted by molar-refractivity contribution is -0.122. The summed E-state index contributed by atoms with van der Waals surface area (Å²) < 4.78 is 0. The molecule has 0 saturated heterocycles. The fourth-order valence-corrected chi connectivity index (χ4v) is 5.98. The summed E-state index contributed by atoms with van der Waals surface area (Å²) in [7, 11) is 0. The monoisotopic (exact) mass is 497 g/mol. The zero-order valence-corrected chi connectivity index (χ0v) is 23.4. The molecule has 3 N–H and O–H groups in total. The fourth-order valence-electron chi connectivity index (χ4n) is 5.98. The number of amides is 3. The van der Waals surface area contributed by atoms with E-state index in [0.29, 0.717) is 28.9 Å². The average molecular weight is 498 g/mol. The lowest BCUT2D eigenvalue weighted by Gasteiger charge is -2.36. The molecule has 200 valence electrons. The van der Waals surface area contributed by atoms with Crippen LogP contribution in [-0.4, -0.2) is 17.7 Å². The maximum Gasteiger partial charge on any atom is 0.227 e. The Bertz CT molecular complexity index is 875. The van der Waals surface area contributed by atoms with Gasteiger partial charge in [0.25, 0.3) is 0 Å². The molecule has 0 heterocycles. The van der Waals surface area contributed by atoms with Crippen molar-refractivity contribution in [2.45, 2.75) is 99.8 Å². The van der Waals surface area contributed by atoms with E-state index in [1.165, 1.54) is 6.92 Å². The largest absolute Gasteiger partial charge is 0.326 e. The molecule has 0 radical (unpaired) electrons. The van der Waals surface area contributed by atoms with E-state index in [0.717, 1.165) is 51.4 Å². The van der Waals surface area contributed by atoms with E-state index in [2.05, 4.69) is 57.5 Å². The Hall–Kier alpha value is -2.37. The standard InChI is InChI=1S/C30H47N3O3/c1-19(34)31-24-16-25(32-27(35)20-8-12-22(13-9-20)29(2,3)4)18-26(17-24)33-28(36)21-10-14-23(15-11-21)30(5,6)7/h16-18,20-23H,8-15H2,1-7H3,(H,31,34)(H,32,35)(H,33,36). The van der Waals surface area contributed by atoms with Crippen LogP contribution in [0.3, 0.4) is 0 Å². The van der Waals surface area contributed by atoms with Gasteiger partial charge in [0.15, 0.2) is 0 Å². The molecule has 2 aliphatic rings. The number of rotatable bonds is 5. The summed E-state index contributed by atoms with van der Waals surface area (Å²) >= 11 is 0. The molecule has 3 amide bonds. The van der Waals surface area contributed by atoms with E-state index in [1.807, 2.05) is 0 Å². The van der Waals surface area contributed by atoms with Gasteiger partial charge >= 0.3 is 0 Å². The summed E-state index contributed by atoms with van der Waals surface area (Å²) in [6.07, 6.45) is 7.80. The summed E-state index contributed by atoms with van der Waals surface area (Å²) in [6, 6.07) is 5.30. The van der Waals surface area contributed by atoms with Gasteiger partial charge < -0.3 is 16.0 Å². The minimum atomic E-state index is -0.197. The summed E-state index contributed by atoms with van der Waals surface area (Å²) in [5, 5.41) is 8.90. The Labute approximate surface area is 217 Å². The number of carbonyl (C=O) groups excluding carboxylic acids is 3. The maximum atomic E-state index is 13.1. The lowest BCUT2D eigenvalue weighted by atomic mass is 9.69. The quantitative estimate of drug-likeness (QED) is 0.401. The molecule has 1 aromatic rings. The molecular formula is C30H47N3O3. The van der Waals surface area contributed by atoms with Gasteiger partial charge in [-0.2, -0.15) is 0 Å². The average Bonchev–Trinajstić information content (AvgIpc) is 2.77. The van der Waals surface area contributed by atoms with Crippen molar-refractivity contribution in [3.8, 4) is 0 Å². The number of benzene rings is 1. The molecule has 0 bridgehead atoms. The molecule has 0 unspecified atom stereocenters. The first-order chi connectivity index (χ1) is 16.7. The molecule has 6 heteroatoms. The molecule has 36 heavy (non-hydrogen) atoms. The van der Waals surface area contributed by atoms with Gasteiger partial charge in [-0.3, -0.25) is 14.4 Å². The molecule has 0 aromatic heterocycles. The van der Waals surface area contributed by atoms with Crippen LogP contribution in [0.5, 0.6) is 0 Å². The van der Waals surface area contributed by atoms with Crippen molar-refractivity contribution in [1.29, 1.82) is 0 Å². The van der Waals surface area contributed by atoms with E-state index in [1.54, 1.807) is 18.2 Å². The SMILES string of the molecule is CC(=O)Nc1cc(NC(=O)C2CCC(C(C)(C)C)CC2)cc(NC(=O)C2CCC(C(C)(C)C)CC2)c1. The van der Waals surface area contributed by atoms with Crippen LogP contribution in [0.1, 0.15) is 99.8 Å². The molecule has 0 aliphatic heterocycles. The number of carbonyl (C=O) groups is 3. The van der Waals surface area contributed by atoms with Crippen molar-refractivity contribution >= 4 is 34.8 Å². The Balaban J connectivity index is 1.65. The van der Waals surface area contributed by atoms with Gasteiger partial charge in [0.2, 0.25) is 17.7 Å². The van der Waals surface area contributed by atoms with E-state index >= 15 is 0 Å². The molecule has 0 spiro atoms. The first kappa shape index (κ1) is 28.2. The van der Waals surface area contributed by atoms with Crippen LogP contribution in [-0.2, 0) is 14.4 Å². The second-order valence-electron chi connectivity index (χ2n) is 13.3. The second kappa shape index (κ2) is 11.4. The highest BCUT2D eigenvalue weighted by Crippen LogP contribution is 2.41. The normalized spacial score (nSPS) is 25.1. The Morgan fingerprint density at radius 3 is 1.17 bits per heavy atom. The number of hydrogen-bond acceptors (Lipinski definition) is 3. The smallest absolute Gasteiger partial charge is 0.227 e. The van der Waals surface area contributed by atoms with E-state index in [4.69, 9.17) is 0 Å². The van der Waals surface area contributed by atoms with Crippen molar-refractivity contribution in [3.63, 3.8) is 0 Å². The highest BCUT2D eigenvalue weighted by molar-refractivity contribution is 5.98. The van der Waals surface area contributed by atoms with E-state index < -0.39 is 0 Å². The molecule has 2 aliphatic carbocycles. The number of nitrogens with one attached hydrogen (secondary N) is 3. The van der Waals surface area contributed by atoms with Crippen molar-refractivity contribution in [1.82, 2.24) is 0 Å². The van der Waals surface area contributed by atoms with E-state index in [9.17, 15) is 14.4 Å². The summed E-state index contributed by atoms with van der Waals surface area (Å²) in [6.45, 7) is 15.1. The van der Waals surface area contributed by atoms with Gasteiger partial charge in [-0.05, 0) is 92.2 Å². The number of anilines is 3. The van der Waals surface area contributed by atoms with Gasteiger partial charge in [-0.25, -0.2) is 0 Å². The summed E-state index contributed by atoms with van der Waals surface area (Å²) in [5.74, 6) is 1.10. The van der Waals surface area contributed by atoms with Gasteiger partial charge in [-0.15, -0.1) is 0 Å². The molecular weight excluding hydrogens is 450 g/mol. The molecule has 0 atom stereocenters. The molecule has 6 nitrogen and oxygen atoms in total. The van der Waals surface area contributed by atoms with Gasteiger partial charge in [0, 0.05) is 35.8 Å². The highest BCUT2D eigenvalue weighted by Gasteiger charge is 2.33. The van der Waals surface area contributed by atoms with Crippen LogP contribution < -0.4 is 16.0 Å². The first-order valence-electron chi connectivity index (χ1n) is 13.8. The predicted molar refractivity (Wildman–Crippen MR) is 148 cm³/mol. The third kappa shape index (κ3) is 7.81. The first-order valence-corrected chi connectivity index (χ1v) is 13.8. The lowest BCUT2D eigenvalue weighted by Crippen LogP contribution is -2.32. The maximum absolute atomic E-state index is 13.1. The van der Waals surface area contributed by atoms with Gasteiger partial charge in [0.1, 0.15) is 0 Å². The van der Waals surface area contributed by atoms with Crippen LogP contribution in [0.25, 0.3) is 0 Å². The Morgan fingerprint density at radius 2 is 0.889 bits per heavy atom. The van der Waals surface area contributed by atoms with Crippen LogP contribution in [0, 0.1) is 34.5 Å². The minimum absolute atomic E-state index is 0.0101. The van der Waals surface area contributed by atoms with Gasteiger partial charge in [0.05, 0.1) is 0 Å². The summed E-state index contributed by atoms with van der Waals surface area (Å²) in [4.78, 5) is 37.8. The van der Waals surface area contributed by atoms with Crippen LogP contribution in [0.15, 0.2) is 18.2 Å². The third-order valence-electron chi connectivity index (χ3n) is 8.43. The molecule has 2 saturated carbocycles. The Morgan fingerprint density at radius 1 is 0.583 bits per heavy atom. The predicted octanol–water partition coefficient (Wildman–Crippen LogP) is 7.23. The van der Waals surface area contributed by atoms with Crippen LogP contribution in [0.2, 0.25) is 0 Å². The number of hydrogen-bond donors (Lipinski definition) is 3. The van der Waals surface area contributed by atoms with Crippen molar-refractivity contribution < 1.29 is 14.4 Å². The third-order valence-corrected chi connectivity index (χ3v) is 8.43. The topological polar surface area (TPSA) is 87.3 Å². The zero-order valence-electron chi connectivity index (χ0n) is 23.4. The van der Waals surface area contributed by atoms with Crippen molar-refractivity contribution in [2.24, 2.45) is 34.5 Å². The van der Waals surface area contributed by atoms with Gasteiger partial charge in [-0.1, -0.05) is 41.5 Å².